The Bertz CT molecular complexity index is 957. The molecule has 11 heteroatoms. The smallest absolute Gasteiger partial charge is 0.343 e. The summed E-state index contributed by atoms with van der Waals surface area (Å²) in [5, 5.41) is 46.1. The molecule has 0 aromatic carbocycles. The molecule has 5 unspecified atom stereocenters. The molecule has 31 heavy (non-hydrogen) atoms. The van der Waals surface area contributed by atoms with Crippen LogP contribution >= 0.6 is 0 Å². The molecule has 0 amide bonds. The molecule has 6 rings (SSSR count). The topological polar surface area (TPSA) is 169 Å². The van der Waals surface area contributed by atoms with Gasteiger partial charge in [-0.1, -0.05) is 20.8 Å². The number of ether oxygens (including phenoxy) is 4. The Morgan fingerprint density at radius 3 is 2.19 bits per heavy atom. The van der Waals surface area contributed by atoms with Crippen LogP contribution in [0.15, 0.2) is 0 Å². The molecule has 4 saturated heterocycles. The molecule has 2 saturated carbocycles. The lowest BCUT2D eigenvalue weighted by atomic mass is 9.51. The van der Waals surface area contributed by atoms with E-state index in [4.69, 9.17) is 18.9 Å². The molecule has 6 fully saturated rings. The molecule has 11 nitrogen and oxygen atoms in total. The third kappa shape index (κ3) is 1.43. The van der Waals surface area contributed by atoms with Crippen molar-refractivity contribution in [3.8, 4) is 0 Å². The van der Waals surface area contributed by atoms with E-state index in [2.05, 4.69) is 0 Å². The third-order valence-corrected chi connectivity index (χ3v) is 8.95. The molecular weight excluding hydrogens is 416 g/mol. The summed E-state index contributed by atoms with van der Waals surface area (Å²) >= 11 is 0. The van der Waals surface area contributed by atoms with Crippen LogP contribution in [0.4, 0.5) is 0 Å². The van der Waals surface area contributed by atoms with Gasteiger partial charge in [-0.25, -0.2) is 9.59 Å². The summed E-state index contributed by atoms with van der Waals surface area (Å²) in [5.41, 5.74) is -9.40. The van der Waals surface area contributed by atoms with Crippen molar-refractivity contribution in [2.75, 3.05) is 0 Å². The van der Waals surface area contributed by atoms with E-state index < -0.39 is 94.0 Å². The van der Waals surface area contributed by atoms with Gasteiger partial charge in [0.1, 0.15) is 12.2 Å². The Morgan fingerprint density at radius 2 is 1.58 bits per heavy atom. The minimum absolute atomic E-state index is 0.792. The molecular formula is C20H24O11. The standard InChI is InChI=1S/C20H24O11/c1-5-12(24)28-11-8(22)18-10-6(21)7(16(2,3)4)17(18)9(23)13(25)30-15(17)31-20(18,14(26)29-10)19(5,11)27/h5-11,15,21-23,27H,1-4H3/t5-,6-,7?,8?,9+,10-,11-,15-,17?,18?,19-,20?/m1/s1. The van der Waals surface area contributed by atoms with Crippen LogP contribution in [-0.4, -0.2) is 86.3 Å². The van der Waals surface area contributed by atoms with E-state index in [9.17, 15) is 34.8 Å². The van der Waals surface area contributed by atoms with Crippen LogP contribution in [0.25, 0.3) is 0 Å². The molecule has 0 aromatic rings. The molecule has 2 spiro atoms. The quantitative estimate of drug-likeness (QED) is 0.234. The molecule has 6 aliphatic rings. The van der Waals surface area contributed by atoms with Gasteiger partial charge in [-0.3, -0.25) is 4.79 Å². The highest BCUT2D eigenvalue weighted by molar-refractivity contribution is 5.94. The van der Waals surface area contributed by atoms with Crippen molar-refractivity contribution in [3.05, 3.63) is 0 Å². The third-order valence-electron chi connectivity index (χ3n) is 8.95. The number of fused-ring (bicyclic) bond motifs is 1. The van der Waals surface area contributed by atoms with Gasteiger partial charge in [-0.05, 0) is 12.3 Å². The minimum atomic E-state index is -2.40. The van der Waals surface area contributed by atoms with Crippen molar-refractivity contribution in [1.82, 2.24) is 0 Å². The fraction of sp³-hybridized carbons (Fsp3) is 0.850. The van der Waals surface area contributed by atoms with Crippen molar-refractivity contribution in [1.29, 1.82) is 0 Å². The van der Waals surface area contributed by atoms with Crippen LogP contribution in [0.1, 0.15) is 27.7 Å². The predicted octanol–water partition coefficient (Wildman–Crippen LogP) is -2.40. The molecule has 4 N–H and O–H groups in total. The van der Waals surface area contributed by atoms with Crippen LogP contribution < -0.4 is 0 Å². The van der Waals surface area contributed by atoms with Gasteiger partial charge in [0.15, 0.2) is 17.8 Å². The van der Waals surface area contributed by atoms with Crippen LogP contribution in [0, 0.1) is 28.1 Å². The van der Waals surface area contributed by atoms with Crippen molar-refractivity contribution in [2.24, 2.45) is 28.1 Å². The second-order valence-electron chi connectivity index (χ2n) is 10.8. The summed E-state index contributed by atoms with van der Waals surface area (Å²) in [7, 11) is 0. The highest BCUT2D eigenvalue weighted by atomic mass is 16.8. The molecule has 0 aromatic heterocycles. The van der Waals surface area contributed by atoms with E-state index in [0.29, 0.717) is 0 Å². The van der Waals surface area contributed by atoms with Crippen molar-refractivity contribution >= 4 is 17.9 Å². The van der Waals surface area contributed by atoms with E-state index in [0.717, 1.165) is 0 Å². The molecule has 12 atom stereocenters. The van der Waals surface area contributed by atoms with Gasteiger partial charge in [0.25, 0.3) is 0 Å². The van der Waals surface area contributed by atoms with Gasteiger partial charge in [-0.15, -0.1) is 0 Å². The summed E-state index contributed by atoms with van der Waals surface area (Å²) in [5.74, 6) is -5.22. The van der Waals surface area contributed by atoms with Gasteiger partial charge in [0, 0.05) is 5.92 Å². The summed E-state index contributed by atoms with van der Waals surface area (Å²) in [6.07, 6.45) is -9.69. The second-order valence-corrected chi connectivity index (χ2v) is 10.8. The Kier molecular flexibility index (Phi) is 3.15. The Hall–Kier alpha value is -1.79. The van der Waals surface area contributed by atoms with Crippen LogP contribution in [0.2, 0.25) is 0 Å². The van der Waals surface area contributed by atoms with Crippen molar-refractivity contribution < 1.29 is 53.8 Å². The lowest BCUT2D eigenvalue weighted by Gasteiger charge is -2.47. The zero-order chi connectivity index (χ0) is 22.7. The van der Waals surface area contributed by atoms with E-state index in [1.54, 1.807) is 20.8 Å². The van der Waals surface area contributed by atoms with E-state index in [1.165, 1.54) is 6.92 Å². The maximum atomic E-state index is 13.4. The van der Waals surface area contributed by atoms with E-state index in [-0.39, 0.29) is 0 Å². The molecule has 4 aliphatic heterocycles. The first-order valence-corrected chi connectivity index (χ1v) is 10.3. The van der Waals surface area contributed by atoms with Crippen LogP contribution in [0.3, 0.4) is 0 Å². The lowest BCUT2D eigenvalue weighted by molar-refractivity contribution is -0.240. The fourth-order valence-electron chi connectivity index (χ4n) is 8.27. The number of aliphatic hydroxyl groups is 4. The molecule has 2 aliphatic carbocycles. The summed E-state index contributed by atoms with van der Waals surface area (Å²) < 4.78 is 22.2. The number of rotatable bonds is 0. The van der Waals surface area contributed by atoms with Gasteiger partial charge < -0.3 is 39.4 Å². The number of esters is 3. The zero-order valence-electron chi connectivity index (χ0n) is 17.3. The average molecular weight is 440 g/mol. The Labute approximate surface area is 176 Å². The highest BCUT2D eigenvalue weighted by Gasteiger charge is 3.05. The maximum absolute atomic E-state index is 13.4. The van der Waals surface area contributed by atoms with Gasteiger partial charge in [-0.2, -0.15) is 0 Å². The number of carbonyl (C=O) groups excluding carboxylic acids is 3. The minimum Gasteiger partial charge on any atom is -0.456 e. The monoisotopic (exact) mass is 440 g/mol. The average Bonchev–Trinajstić information content (AvgIpc) is 3.35. The maximum Gasteiger partial charge on any atom is 0.343 e. The number of aliphatic hydroxyl groups excluding tert-OH is 3. The van der Waals surface area contributed by atoms with Gasteiger partial charge in [0.2, 0.25) is 11.9 Å². The zero-order valence-corrected chi connectivity index (χ0v) is 17.3. The van der Waals surface area contributed by atoms with Gasteiger partial charge in [0.05, 0.1) is 22.9 Å². The largest absolute Gasteiger partial charge is 0.456 e. The van der Waals surface area contributed by atoms with Gasteiger partial charge >= 0.3 is 17.9 Å². The SMILES string of the molecule is C[C@@H]1C(=O)O[C@@H]2C(O)C34[C@@H]5OC(=O)C3(O[C@H]3OC(=O)[C@H](O)C34C(C(C)(C)C)[C@H]5O)[C@@]12O. The normalized spacial score (nSPS) is 61.0. The molecule has 170 valence electrons. The molecule has 0 bridgehead atoms. The molecule has 0 radical (unpaired) electrons. The van der Waals surface area contributed by atoms with E-state index in [1.807, 2.05) is 0 Å². The Morgan fingerprint density at radius 1 is 0.935 bits per heavy atom. The molecule has 4 heterocycles. The highest BCUT2D eigenvalue weighted by Crippen LogP contribution is 2.84. The Balaban J connectivity index is 1.75. The number of hydrogen-bond donors (Lipinski definition) is 4. The predicted molar refractivity (Wildman–Crippen MR) is 93.4 cm³/mol. The lowest BCUT2D eigenvalue weighted by Crippen LogP contribution is -2.67. The first-order chi connectivity index (χ1) is 14.3. The van der Waals surface area contributed by atoms with Crippen LogP contribution in [-0.2, 0) is 33.3 Å². The number of carbonyl (C=O) groups is 3. The van der Waals surface area contributed by atoms with Crippen LogP contribution in [0.5, 0.6) is 0 Å². The van der Waals surface area contributed by atoms with E-state index >= 15 is 0 Å². The first kappa shape index (κ1) is 19.9. The second kappa shape index (κ2) is 4.91. The summed E-state index contributed by atoms with van der Waals surface area (Å²) in [6, 6.07) is 0. The number of hydrogen-bond acceptors (Lipinski definition) is 11. The van der Waals surface area contributed by atoms with Crippen molar-refractivity contribution in [3.63, 3.8) is 0 Å². The fourth-order valence-corrected chi connectivity index (χ4v) is 8.27. The van der Waals surface area contributed by atoms with Crippen molar-refractivity contribution in [2.45, 2.75) is 75.7 Å². The summed E-state index contributed by atoms with van der Waals surface area (Å²) in [4.78, 5) is 38.3. The first-order valence-electron chi connectivity index (χ1n) is 10.3. The summed E-state index contributed by atoms with van der Waals surface area (Å²) in [6.45, 7) is 6.63.